The van der Waals surface area contributed by atoms with Crippen molar-refractivity contribution >= 4 is 12.2 Å². The molecule has 0 amide bonds. The molecule has 1 aromatic heterocycles. The third-order valence-electron chi connectivity index (χ3n) is 3.37. The maximum atomic E-state index is 12.1. The zero-order chi connectivity index (χ0) is 17.6. The topological polar surface area (TPSA) is 123 Å². The quantitative estimate of drug-likeness (QED) is 0.414. The molecule has 0 fully saturated rings. The van der Waals surface area contributed by atoms with Crippen LogP contribution in [0.15, 0.2) is 58.4 Å². The third kappa shape index (κ3) is 4.20. The maximum Gasteiger partial charge on any atom is 0.274 e. The Bertz CT molecular complexity index is 954. The first-order chi connectivity index (χ1) is 12.1. The van der Waals surface area contributed by atoms with Crippen LogP contribution in [0.25, 0.3) is 0 Å². The first-order valence-electron chi connectivity index (χ1n) is 7.42. The fourth-order valence-electron chi connectivity index (χ4n) is 2.12. The van der Waals surface area contributed by atoms with E-state index >= 15 is 0 Å². The number of hydrogen-bond donors (Lipinski definition) is 4. The Balaban J connectivity index is 1.68. The molecule has 0 bridgehead atoms. The highest BCUT2D eigenvalue weighted by Crippen LogP contribution is 2.20. The van der Waals surface area contributed by atoms with Gasteiger partial charge in [-0.05, 0) is 17.7 Å². The molecule has 3 rings (SSSR count). The Kier molecular flexibility index (Phi) is 4.70. The average molecular weight is 337 g/mol. The molecule has 0 aliphatic carbocycles. The minimum absolute atomic E-state index is 0.0492. The molecule has 0 aliphatic heterocycles. The zero-order valence-corrected chi connectivity index (χ0v) is 13.0. The lowest BCUT2D eigenvalue weighted by molar-refractivity contribution is 0.450. The van der Waals surface area contributed by atoms with Crippen LogP contribution < -0.4 is 11.0 Å². The highest BCUT2D eigenvalue weighted by molar-refractivity contribution is 5.84. The van der Waals surface area contributed by atoms with Gasteiger partial charge in [-0.1, -0.05) is 30.3 Å². The third-order valence-corrected chi connectivity index (χ3v) is 3.37. The monoisotopic (exact) mass is 337 g/mol. The summed E-state index contributed by atoms with van der Waals surface area (Å²) in [5.74, 6) is -0.0912. The molecular formula is C17H15N5O3. The van der Waals surface area contributed by atoms with Gasteiger partial charge in [0.2, 0.25) is 5.95 Å². The number of H-pyrrole nitrogens is 1. The van der Waals surface area contributed by atoms with Gasteiger partial charge in [0.05, 0.1) is 6.21 Å². The van der Waals surface area contributed by atoms with Gasteiger partial charge in [0.1, 0.15) is 17.2 Å². The van der Waals surface area contributed by atoms with E-state index in [9.17, 15) is 15.0 Å². The molecule has 0 saturated carbocycles. The minimum Gasteiger partial charge on any atom is -0.508 e. The lowest BCUT2D eigenvalue weighted by atomic mass is 10.1. The summed E-state index contributed by atoms with van der Waals surface area (Å²) in [6.07, 6.45) is 1.71. The van der Waals surface area contributed by atoms with Gasteiger partial charge >= 0.3 is 0 Å². The Morgan fingerprint density at radius 1 is 1.12 bits per heavy atom. The highest BCUT2D eigenvalue weighted by atomic mass is 16.3. The molecule has 4 N–H and O–H groups in total. The average Bonchev–Trinajstić information content (AvgIpc) is 2.60. The van der Waals surface area contributed by atoms with Crippen LogP contribution in [0.1, 0.15) is 16.8 Å². The van der Waals surface area contributed by atoms with Crippen molar-refractivity contribution in [2.24, 2.45) is 5.10 Å². The molecule has 126 valence electrons. The van der Waals surface area contributed by atoms with E-state index in [1.165, 1.54) is 24.4 Å². The standard InChI is InChI=1S/C17H15N5O3/c23-13-7-6-12(15(24)9-13)10-18-21-17-19-16(25)14(20-22-17)8-11-4-2-1-3-5-11/h1-7,9-10,23-24H,8H2,(H2,19,21,22,25)/b18-10+. The van der Waals surface area contributed by atoms with Crippen LogP contribution in [0.4, 0.5) is 5.95 Å². The normalized spacial score (nSPS) is 10.9. The summed E-state index contributed by atoms with van der Waals surface area (Å²) in [6.45, 7) is 0. The van der Waals surface area contributed by atoms with Crippen molar-refractivity contribution in [1.29, 1.82) is 0 Å². The molecule has 0 atom stereocenters. The van der Waals surface area contributed by atoms with Gasteiger partial charge < -0.3 is 10.2 Å². The summed E-state index contributed by atoms with van der Waals surface area (Å²) >= 11 is 0. The predicted molar refractivity (Wildman–Crippen MR) is 92.9 cm³/mol. The van der Waals surface area contributed by atoms with Gasteiger partial charge in [0.15, 0.2) is 0 Å². The van der Waals surface area contributed by atoms with Gasteiger partial charge in [-0.25, -0.2) is 5.43 Å². The van der Waals surface area contributed by atoms with Crippen molar-refractivity contribution in [3.63, 3.8) is 0 Å². The second-order valence-corrected chi connectivity index (χ2v) is 5.22. The summed E-state index contributed by atoms with van der Waals surface area (Å²) < 4.78 is 0. The number of anilines is 1. The molecule has 0 saturated heterocycles. The summed E-state index contributed by atoms with van der Waals surface area (Å²) in [5, 5.41) is 30.5. The second kappa shape index (κ2) is 7.26. The number of hydrogen-bond acceptors (Lipinski definition) is 7. The molecule has 8 heteroatoms. The van der Waals surface area contributed by atoms with Crippen LogP contribution >= 0.6 is 0 Å². The first-order valence-corrected chi connectivity index (χ1v) is 7.42. The van der Waals surface area contributed by atoms with Gasteiger partial charge in [0, 0.05) is 18.1 Å². The van der Waals surface area contributed by atoms with Gasteiger partial charge in [-0.3, -0.25) is 9.78 Å². The lowest BCUT2D eigenvalue weighted by Gasteiger charge is -2.02. The second-order valence-electron chi connectivity index (χ2n) is 5.22. The first kappa shape index (κ1) is 16.2. The van der Waals surface area contributed by atoms with Crippen LogP contribution in [-0.2, 0) is 6.42 Å². The number of phenolic OH excluding ortho intramolecular Hbond substituents is 2. The molecule has 1 heterocycles. The van der Waals surface area contributed by atoms with Gasteiger partial charge in [-0.15, -0.1) is 10.2 Å². The van der Waals surface area contributed by atoms with Crippen molar-refractivity contribution in [2.45, 2.75) is 6.42 Å². The Hall–Kier alpha value is -3.68. The number of nitrogens with one attached hydrogen (secondary N) is 2. The Morgan fingerprint density at radius 2 is 1.92 bits per heavy atom. The molecule has 25 heavy (non-hydrogen) atoms. The predicted octanol–water partition coefficient (Wildman–Crippen LogP) is 1.61. The van der Waals surface area contributed by atoms with Crippen molar-refractivity contribution in [3.05, 3.63) is 75.7 Å². The number of rotatable bonds is 5. The van der Waals surface area contributed by atoms with E-state index in [1.807, 2.05) is 30.3 Å². The number of nitrogens with zero attached hydrogens (tertiary/aromatic N) is 3. The van der Waals surface area contributed by atoms with E-state index in [2.05, 4.69) is 25.7 Å². The zero-order valence-electron chi connectivity index (χ0n) is 13.0. The number of aromatic nitrogens is 3. The van der Waals surface area contributed by atoms with E-state index in [4.69, 9.17) is 0 Å². The van der Waals surface area contributed by atoms with Crippen molar-refractivity contribution in [1.82, 2.24) is 15.2 Å². The summed E-state index contributed by atoms with van der Waals surface area (Å²) in [7, 11) is 0. The van der Waals surface area contributed by atoms with Crippen LogP contribution in [0.5, 0.6) is 11.5 Å². The van der Waals surface area contributed by atoms with Crippen LogP contribution in [0.2, 0.25) is 0 Å². The van der Waals surface area contributed by atoms with Crippen LogP contribution in [0, 0.1) is 0 Å². The van der Waals surface area contributed by atoms with Crippen LogP contribution in [0.3, 0.4) is 0 Å². The van der Waals surface area contributed by atoms with Crippen molar-refractivity contribution in [2.75, 3.05) is 5.43 Å². The Labute approximate surface area is 142 Å². The number of aromatic hydroxyl groups is 2. The van der Waals surface area contributed by atoms with E-state index in [0.717, 1.165) is 5.56 Å². The molecule has 8 nitrogen and oxygen atoms in total. The molecule has 2 aromatic carbocycles. The maximum absolute atomic E-state index is 12.1. The van der Waals surface area contributed by atoms with E-state index in [1.54, 1.807) is 0 Å². The molecule has 0 aliphatic rings. The van der Waals surface area contributed by atoms with Gasteiger partial charge in [0.25, 0.3) is 5.56 Å². The largest absolute Gasteiger partial charge is 0.508 e. The molecule has 0 radical (unpaired) electrons. The number of aromatic amines is 1. The van der Waals surface area contributed by atoms with Gasteiger partial charge in [-0.2, -0.15) is 5.10 Å². The minimum atomic E-state index is -0.357. The molecule has 0 unspecified atom stereocenters. The number of benzene rings is 2. The van der Waals surface area contributed by atoms with Crippen molar-refractivity contribution < 1.29 is 10.2 Å². The summed E-state index contributed by atoms with van der Waals surface area (Å²) in [4.78, 5) is 14.6. The van der Waals surface area contributed by atoms with E-state index in [0.29, 0.717) is 17.7 Å². The fourth-order valence-corrected chi connectivity index (χ4v) is 2.12. The summed E-state index contributed by atoms with van der Waals surface area (Å²) in [6, 6.07) is 13.6. The molecule has 3 aromatic rings. The van der Waals surface area contributed by atoms with Crippen LogP contribution in [-0.4, -0.2) is 31.6 Å². The molecule has 0 spiro atoms. The SMILES string of the molecule is O=c1[nH]c(N/N=C/c2ccc(O)cc2O)nnc1Cc1ccccc1. The molecular weight excluding hydrogens is 322 g/mol. The fraction of sp³-hybridized carbons (Fsp3) is 0.0588. The number of hydrazone groups is 1. The Morgan fingerprint density at radius 3 is 2.64 bits per heavy atom. The smallest absolute Gasteiger partial charge is 0.274 e. The van der Waals surface area contributed by atoms with E-state index in [-0.39, 0.29) is 23.0 Å². The van der Waals surface area contributed by atoms with Crippen molar-refractivity contribution in [3.8, 4) is 11.5 Å². The summed E-state index contributed by atoms with van der Waals surface area (Å²) in [5.41, 5.74) is 3.83. The lowest BCUT2D eigenvalue weighted by Crippen LogP contribution is -2.18. The van der Waals surface area contributed by atoms with E-state index < -0.39 is 0 Å². The highest BCUT2D eigenvalue weighted by Gasteiger charge is 2.05. The number of phenols is 2.